The van der Waals surface area contributed by atoms with Gasteiger partial charge in [-0.2, -0.15) is 8.78 Å². The molecule has 1 nitrogen and oxygen atoms in total. The first-order chi connectivity index (χ1) is 6.10. The standard InChI is InChI=1S/C10H13F2N/c1-2-8-3-5-9(6-4-8)10(11,12)7-13/h3-6H,2,7,13H2,1H3. The lowest BCUT2D eigenvalue weighted by Gasteiger charge is -2.14. The van der Waals surface area contributed by atoms with Gasteiger partial charge in [0.05, 0.1) is 6.54 Å². The molecule has 0 fully saturated rings. The van der Waals surface area contributed by atoms with Crippen molar-refractivity contribution in [2.24, 2.45) is 5.73 Å². The van der Waals surface area contributed by atoms with Crippen LogP contribution in [0.15, 0.2) is 24.3 Å². The predicted molar refractivity (Wildman–Crippen MR) is 48.8 cm³/mol. The summed E-state index contributed by atoms with van der Waals surface area (Å²) in [6.07, 6.45) is 0.856. The Morgan fingerprint density at radius 1 is 1.23 bits per heavy atom. The normalized spacial score (nSPS) is 11.7. The van der Waals surface area contributed by atoms with Crippen LogP contribution in [0.4, 0.5) is 8.78 Å². The SMILES string of the molecule is CCc1ccc(C(F)(F)CN)cc1. The first kappa shape index (κ1) is 10.1. The maximum absolute atomic E-state index is 13.0. The largest absolute Gasteiger partial charge is 0.325 e. The molecule has 72 valence electrons. The molecule has 3 heteroatoms. The first-order valence-electron chi connectivity index (χ1n) is 4.27. The third kappa shape index (κ3) is 2.25. The molecule has 0 aliphatic rings. The fraction of sp³-hybridized carbons (Fsp3) is 0.400. The van der Waals surface area contributed by atoms with Gasteiger partial charge in [-0.3, -0.25) is 0 Å². The van der Waals surface area contributed by atoms with Gasteiger partial charge in [0.1, 0.15) is 0 Å². The Morgan fingerprint density at radius 3 is 2.15 bits per heavy atom. The number of nitrogens with two attached hydrogens (primary N) is 1. The van der Waals surface area contributed by atoms with Crippen molar-refractivity contribution < 1.29 is 8.78 Å². The molecule has 0 radical (unpaired) electrons. The van der Waals surface area contributed by atoms with E-state index in [1.807, 2.05) is 6.92 Å². The maximum atomic E-state index is 13.0. The molecule has 2 N–H and O–H groups in total. The predicted octanol–water partition coefficient (Wildman–Crippen LogP) is 2.30. The maximum Gasteiger partial charge on any atom is 0.285 e. The summed E-state index contributed by atoms with van der Waals surface area (Å²) in [5.74, 6) is -2.90. The van der Waals surface area contributed by atoms with E-state index in [-0.39, 0.29) is 5.56 Å². The lowest BCUT2D eigenvalue weighted by Crippen LogP contribution is -2.24. The molecule has 0 spiro atoms. The lowest BCUT2D eigenvalue weighted by molar-refractivity contribution is 0.00594. The third-order valence-corrected chi connectivity index (χ3v) is 2.04. The molecule has 0 saturated carbocycles. The fourth-order valence-corrected chi connectivity index (χ4v) is 1.10. The minimum absolute atomic E-state index is 0.00722. The van der Waals surface area contributed by atoms with Gasteiger partial charge in [-0.05, 0) is 12.0 Å². The molecular formula is C10H13F2N. The van der Waals surface area contributed by atoms with Gasteiger partial charge >= 0.3 is 0 Å². The Morgan fingerprint density at radius 2 is 1.77 bits per heavy atom. The highest BCUT2D eigenvalue weighted by Gasteiger charge is 2.28. The molecule has 1 aromatic rings. The van der Waals surface area contributed by atoms with Crippen LogP contribution in [0, 0.1) is 0 Å². The summed E-state index contributed by atoms with van der Waals surface area (Å²) in [7, 11) is 0. The number of rotatable bonds is 3. The molecule has 0 unspecified atom stereocenters. The summed E-state index contributed by atoms with van der Waals surface area (Å²) in [6.45, 7) is 1.34. The van der Waals surface area contributed by atoms with E-state index in [2.05, 4.69) is 0 Å². The van der Waals surface area contributed by atoms with Crippen molar-refractivity contribution in [1.82, 2.24) is 0 Å². The highest BCUT2D eigenvalue weighted by atomic mass is 19.3. The zero-order valence-electron chi connectivity index (χ0n) is 7.56. The second-order valence-corrected chi connectivity index (χ2v) is 2.96. The van der Waals surface area contributed by atoms with E-state index >= 15 is 0 Å². The molecule has 0 saturated heterocycles. The molecule has 0 bridgehead atoms. The van der Waals surface area contributed by atoms with E-state index in [0.717, 1.165) is 12.0 Å². The number of alkyl halides is 2. The highest BCUT2D eigenvalue weighted by Crippen LogP contribution is 2.26. The van der Waals surface area contributed by atoms with Gasteiger partial charge in [0, 0.05) is 5.56 Å². The zero-order chi connectivity index (χ0) is 9.90. The number of benzene rings is 1. The summed E-state index contributed by atoms with van der Waals surface area (Å²) < 4.78 is 26.0. The van der Waals surface area contributed by atoms with Crippen molar-refractivity contribution >= 4 is 0 Å². The Kier molecular flexibility index (Phi) is 2.98. The van der Waals surface area contributed by atoms with E-state index < -0.39 is 12.5 Å². The minimum Gasteiger partial charge on any atom is -0.325 e. The summed E-state index contributed by atoms with van der Waals surface area (Å²) in [6, 6.07) is 6.29. The summed E-state index contributed by atoms with van der Waals surface area (Å²) >= 11 is 0. The Balaban J connectivity index is 2.92. The molecular weight excluding hydrogens is 172 g/mol. The highest BCUT2D eigenvalue weighted by molar-refractivity contribution is 5.25. The lowest BCUT2D eigenvalue weighted by atomic mass is 10.1. The van der Waals surface area contributed by atoms with Crippen molar-refractivity contribution in [2.75, 3.05) is 6.54 Å². The van der Waals surface area contributed by atoms with Crippen LogP contribution in [0.5, 0.6) is 0 Å². The number of hydrogen-bond donors (Lipinski definition) is 1. The van der Waals surface area contributed by atoms with Crippen LogP contribution in [-0.2, 0) is 12.3 Å². The van der Waals surface area contributed by atoms with Crippen molar-refractivity contribution in [2.45, 2.75) is 19.3 Å². The molecule has 0 aliphatic heterocycles. The van der Waals surface area contributed by atoms with Crippen molar-refractivity contribution in [3.63, 3.8) is 0 Å². The van der Waals surface area contributed by atoms with Crippen LogP contribution in [0.3, 0.4) is 0 Å². The van der Waals surface area contributed by atoms with Gasteiger partial charge in [-0.25, -0.2) is 0 Å². The summed E-state index contributed by atoms with van der Waals surface area (Å²) in [5, 5.41) is 0. The van der Waals surface area contributed by atoms with Crippen LogP contribution in [0.25, 0.3) is 0 Å². The molecule has 0 aliphatic carbocycles. The van der Waals surface area contributed by atoms with E-state index in [1.54, 1.807) is 12.1 Å². The second-order valence-electron chi connectivity index (χ2n) is 2.96. The molecule has 0 aromatic heterocycles. The van der Waals surface area contributed by atoms with Crippen LogP contribution < -0.4 is 5.73 Å². The van der Waals surface area contributed by atoms with Crippen LogP contribution in [0.1, 0.15) is 18.1 Å². The van der Waals surface area contributed by atoms with Crippen LogP contribution >= 0.6 is 0 Å². The first-order valence-corrected chi connectivity index (χ1v) is 4.27. The monoisotopic (exact) mass is 185 g/mol. The average molecular weight is 185 g/mol. The quantitative estimate of drug-likeness (QED) is 0.768. The van der Waals surface area contributed by atoms with Crippen molar-refractivity contribution in [1.29, 1.82) is 0 Å². The topological polar surface area (TPSA) is 26.0 Å². The second kappa shape index (κ2) is 3.83. The van der Waals surface area contributed by atoms with Gasteiger partial charge in [0.2, 0.25) is 0 Å². The van der Waals surface area contributed by atoms with Crippen LogP contribution in [0.2, 0.25) is 0 Å². The Bertz CT molecular complexity index is 267. The Hall–Kier alpha value is -0.960. The molecule has 0 atom stereocenters. The average Bonchev–Trinajstić information content (AvgIpc) is 2.18. The number of halogens is 2. The van der Waals surface area contributed by atoms with E-state index in [9.17, 15) is 8.78 Å². The zero-order valence-corrected chi connectivity index (χ0v) is 7.56. The summed E-state index contributed by atoms with van der Waals surface area (Å²) in [4.78, 5) is 0. The van der Waals surface area contributed by atoms with E-state index in [1.165, 1.54) is 12.1 Å². The summed E-state index contributed by atoms with van der Waals surface area (Å²) in [5.41, 5.74) is 6.00. The van der Waals surface area contributed by atoms with Gasteiger partial charge in [-0.1, -0.05) is 31.2 Å². The molecule has 13 heavy (non-hydrogen) atoms. The van der Waals surface area contributed by atoms with E-state index in [0.29, 0.717) is 0 Å². The molecule has 0 heterocycles. The van der Waals surface area contributed by atoms with Crippen molar-refractivity contribution in [3.05, 3.63) is 35.4 Å². The minimum atomic E-state index is -2.90. The van der Waals surface area contributed by atoms with Crippen LogP contribution in [-0.4, -0.2) is 6.54 Å². The van der Waals surface area contributed by atoms with Gasteiger partial charge in [-0.15, -0.1) is 0 Å². The molecule has 1 rings (SSSR count). The van der Waals surface area contributed by atoms with Crippen molar-refractivity contribution in [3.8, 4) is 0 Å². The van der Waals surface area contributed by atoms with Gasteiger partial charge in [0.15, 0.2) is 0 Å². The molecule has 1 aromatic carbocycles. The smallest absolute Gasteiger partial charge is 0.285 e. The molecule has 0 amide bonds. The van der Waals surface area contributed by atoms with Gasteiger partial charge < -0.3 is 5.73 Å². The Labute approximate surface area is 76.6 Å². The fourth-order valence-electron chi connectivity index (χ4n) is 1.10. The van der Waals surface area contributed by atoms with E-state index in [4.69, 9.17) is 5.73 Å². The third-order valence-electron chi connectivity index (χ3n) is 2.04. The number of aryl methyl sites for hydroxylation is 1. The van der Waals surface area contributed by atoms with Gasteiger partial charge in [0.25, 0.3) is 5.92 Å². The number of hydrogen-bond acceptors (Lipinski definition) is 1.